The van der Waals surface area contributed by atoms with Crippen molar-refractivity contribution in [2.45, 2.75) is 26.0 Å². The predicted octanol–water partition coefficient (Wildman–Crippen LogP) is 4.65. The van der Waals surface area contributed by atoms with E-state index in [4.69, 9.17) is 32.8 Å². The summed E-state index contributed by atoms with van der Waals surface area (Å²) in [5.74, 6) is 1.42. The van der Waals surface area contributed by atoms with Gasteiger partial charge in [0.15, 0.2) is 5.82 Å². The highest BCUT2D eigenvalue weighted by Crippen LogP contribution is 2.28. The molecule has 8 nitrogen and oxygen atoms in total. The first-order valence-corrected chi connectivity index (χ1v) is 10.4. The molecule has 0 fully saturated rings. The Kier molecular flexibility index (Phi) is 6.69. The van der Waals surface area contributed by atoms with Crippen molar-refractivity contribution in [3.05, 3.63) is 69.6 Å². The predicted molar refractivity (Wildman–Crippen MR) is 120 cm³/mol. The van der Waals surface area contributed by atoms with Crippen molar-refractivity contribution < 1.29 is 9.57 Å². The van der Waals surface area contributed by atoms with Crippen molar-refractivity contribution in [3.8, 4) is 5.75 Å². The Morgan fingerprint density at radius 2 is 2.00 bits per heavy atom. The highest BCUT2D eigenvalue weighted by Gasteiger charge is 2.11. The van der Waals surface area contributed by atoms with E-state index < -0.39 is 0 Å². The number of tetrazole rings is 1. The van der Waals surface area contributed by atoms with Gasteiger partial charge in [-0.2, -0.15) is 5.21 Å². The van der Waals surface area contributed by atoms with E-state index in [9.17, 15) is 0 Å². The Bertz CT molecular complexity index is 1170. The van der Waals surface area contributed by atoms with Crippen molar-refractivity contribution in [2.24, 2.45) is 5.16 Å². The van der Waals surface area contributed by atoms with Crippen LogP contribution < -0.4 is 4.74 Å². The Labute approximate surface area is 188 Å². The topological polar surface area (TPSA) is 90.2 Å². The molecule has 0 radical (unpaired) electrons. The van der Waals surface area contributed by atoms with E-state index >= 15 is 0 Å². The van der Waals surface area contributed by atoms with Gasteiger partial charge >= 0.3 is 0 Å². The van der Waals surface area contributed by atoms with Gasteiger partial charge < -0.3 is 14.1 Å². The molecule has 4 rings (SSSR count). The van der Waals surface area contributed by atoms with Crippen LogP contribution in [-0.2, 0) is 24.4 Å². The molecule has 0 aliphatic heterocycles. The molecule has 0 atom stereocenters. The number of hydrogen-bond donors (Lipinski definition) is 1. The second-order valence-corrected chi connectivity index (χ2v) is 7.59. The van der Waals surface area contributed by atoms with Crippen LogP contribution in [0.1, 0.15) is 23.5 Å². The highest BCUT2D eigenvalue weighted by atomic mass is 35.5. The summed E-state index contributed by atoms with van der Waals surface area (Å²) in [5.41, 5.74) is 2.75. The van der Waals surface area contributed by atoms with Gasteiger partial charge in [-0.3, -0.25) is 0 Å². The Morgan fingerprint density at radius 1 is 1.16 bits per heavy atom. The molecule has 0 spiro atoms. The monoisotopic (exact) mass is 458 g/mol. The molecular weight excluding hydrogens is 439 g/mol. The number of aromatic amines is 1. The van der Waals surface area contributed by atoms with Crippen LogP contribution in [0.25, 0.3) is 10.9 Å². The van der Waals surface area contributed by atoms with Crippen LogP contribution in [0, 0.1) is 0 Å². The molecule has 0 aliphatic carbocycles. The van der Waals surface area contributed by atoms with Gasteiger partial charge in [0.25, 0.3) is 0 Å². The van der Waals surface area contributed by atoms with Crippen LogP contribution in [0.3, 0.4) is 0 Å². The second kappa shape index (κ2) is 9.80. The molecule has 10 heteroatoms. The van der Waals surface area contributed by atoms with E-state index in [1.165, 1.54) is 7.11 Å². The first-order chi connectivity index (χ1) is 15.2. The summed E-state index contributed by atoms with van der Waals surface area (Å²) >= 11 is 12.5. The third-order valence-corrected chi connectivity index (χ3v) is 5.52. The first-order valence-electron chi connectivity index (χ1n) is 9.63. The maximum absolute atomic E-state index is 6.24. The number of fused-ring (bicyclic) bond motifs is 1. The molecule has 0 saturated heterocycles. The maximum Gasteiger partial charge on any atom is 0.174 e. The number of benzene rings is 2. The molecule has 0 unspecified atom stereocenters. The third-order valence-electron chi connectivity index (χ3n) is 4.81. The lowest BCUT2D eigenvalue weighted by molar-refractivity contribution is 0.215. The van der Waals surface area contributed by atoms with Gasteiger partial charge in [-0.25, -0.2) is 0 Å². The highest BCUT2D eigenvalue weighted by molar-refractivity contribution is 6.35. The largest absolute Gasteiger partial charge is 0.489 e. The average molecular weight is 459 g/mol. The fourth-order valence-electron chi connectivity index (χ4n) is 3.33. The number of rotatable bonds is 9. The van der Waals surface area contributed by atoms with E-state index in [1.807, 2.05) is 30.3 Å². The van der Waals surface area contributed by atoms with Gasteiger partial charge in [0.1, 0.15) is 19.5 Å². The van der Waals surface area contributed by atoms with Crippen molar-refractivity contribution in [1.29, 1.82) is 0 Å². The van der Waals surface area contributed by atoms with E-state index in [-0.39, 0.29) is 6.61 Å². The van der Waals surface area contributed by atoms with E-state index in [2.05, 4.69) is 30.3 Å². The van der Waals surface area contributed by atoms with Crippen LogP contribution in [0.2, 0.25) is 10.0 Å². The number of oxime groups is 1. The van der Waals surface area contributed by atoms with E-state index in [0.717, 1.165) is 47.3 Å². The van der Waals surface area contributed by atoms with Gasteiger partial charge in [0, 0.05) is 39.5 Å². The molecule has 1 N–H and O–H groups in total. The zero-order chi connectivity index (χ0) is 21.6. The number of hydrogen-bond acceptors (Lipinski definition) is 6. The Hall–Kier alpha value is -3.10. The summed E-state index contributed by atoms with van der Waals surface area (Å²) < 4.78 is 8.13. The smallest absolute Gasteiger partial charge is 0.174 e. The number of aromatic nitrogens is 5. The average Bonchev–Trinajstić information content (AvgIpc) is 3.40. The molecule has 2 aromatic heterocycles. The molecule has 0 saturated carbocycles. The summed E-state index contributed by atoms with van der Waals surface area (Å²) in [6.07, 6.45) is 3.26. The molecule has 160 valence electrons. The van der Waals surface area contributed by atoms with Crippen LogP contribution in [0.5, 0.6) is 5.75 Å². The number of H-pyrrole nitrogens is 1. The zero-order valence-corrected chi connectivity index (χ0v) is 18.3. The molecule has 0 aliphatic rings. The van der Waals surface area contributed by atoms with Gasteiger partial charge in [-0.1, -0.05) is 39.6 Å². The van der Waals surface area contributed by atoms with Crippen LogP contribution in [0.4, 0.5) is 0 Å². The second-order valence-electron chi connectivity index (χ2n) is 6.78. The molecule has 0 bridgehead atoms. The lowest BCUT2D eigenvalue weighted by Gasteiger charge is -2.10. The fourth-order valence-corrected chi connectivity index (χ4v) is 3.84. The van der Waals surface area contributed by atoms with Gasteiger partial charge in [-0.15, -0.1) is 10.2 Å². The van der Waals surface area contributed by atoms with E-state index in [0.29, 0.717) is 15.9 Å². The molecule has 2 aromatic carbocycles. The summed E-state index contributed by atoms with van der Waals surface area (Å²) in [7, 11) is 1.52. The normalized spacial score (nSPS) is 11.5. The minimum atomic E-state index is 0.285. The third kappa shape index (κ3) is 4.98. The number of nitrogens with one attached hydrogen (secondary N) is 1. The van der Waals surface area contributed by atoms with Gasteiger partial charge in [-0.05, 0) is 42.8 Å². The number of aryl methyl sites for hydroxylation is 2. The van der Waals surface area contributed by atoms with Crippen LogP contribution in [-0.4, -0.2) is 38.5 Å². The lowest BCUT2D eigenvalue weighted by atomic mass is 10.2. The molecular formula is C21H20Cl2N6O2. The summed E-state index contributed by atoms with van der Waals surface area (Å²) in [6.45, 7) is 1.05. The summed E-state index contributed by atoms with van der Waals surface area (Å²) in [6, 6.07) is 13.4. The Balaban J connectivity index is 1.54. The molecule has 2 heterocycles. The van der Waals surface area contributed by atoms with Crippen molar-refractivity contribution >= 4 is 40.3 Å². The van der Waals surface area contributed by atoms with Crippen molar-refractivity contribution in [3.63, 3.8) is 0 Å². The van der Waals surface area contributed by atoms with Gasteiger partial charge in [0.2, 0.25) is 0 Å². The SMILES string of the molecule is CO/N=C/c1cc2cc(OCc3c(Cl)cccc3Cl)ccc2n1CCCc1nn[nH]n1. The quantitative estimate of drug-likeness (QED) is 0.291. The number of ether oxygens (including phenoxy) is 1. The van der Waals surface area contributed by atoms with Crippen molar-refractivity contribution in [1.82, 2.24) is 25.2 Å². The summed E-state index contributed by atoms with van der Waals surface area (Å²) in [4.78, 5) is 4.87. The van der Waals surface area contributed by atoms with E-state index in [1.54, 1.807) is 18.3 Å². The first kappa shape index (κ1) is 21.1. The Morgan fingerprint density at radius 3 is 2.74 bits per heavy atom. The molecule has 31 heavy (non-hydrogen) atoms. The summed E-state index contributed by atoms with van der Waals surface area (Å²) in [5, 5.41) is 20.2. The van der Waals surface area contributed by atoms with Gasteiger partial charge in [0.05, 0.1) is 11.9 Å². The molecule has 0 amide bonds. The van der Waals surface area contributed by atoms with Crippen LogP contribution >= 0.6 is 23.2 Å². The van der Waals surface area contributed by atoms with Crippen LogP contribution in [0.15, 0.2) is 47.6 Å². The number of halogens is 2. The minimum absolute atomic E-state index is 0.285. The van der Waals surface area contributed by atoms with Crippen molar-refractivity contribution in [2.75, 3.05) is 7.11 Å². The maximum atomic E-state index is 6.24. The standard InChI is InChI=1S/C21H20Cl2N6O2/c1-30-24-12-15-10-14-11-16(31-13-17-18(22)4-2-5-19(17)23)7-8-20(14)29(15)9-3-6-21-25-27-28-26-21/h2,4-5,7-8,10-12H,3,6,9,13H2,1H3,(H,25,26,27,28)/b24-12+. The zero-order valence-electron chi connectivity index (χ0n) is 16.8. The fraction of sp³-hybridized carbons (Fsp3) is 0.238. The molecule has 4 aromatic rings. The minimum Gasteiger partial charge on any atom is -0.489 e. The number of nitrogens with zero attached hydrogens (tertiary/aromatic N) is 5. The lowest BCUT2D eigenvalue weighted by Crippen LogP contribution is -2.04.